The number of carbonyl (C=O) groups is 3. The van der Waals surface area contributed by atoms with E-state index in [1.54, 1.807) is 58.9 Å². The summed E-state index contributed by atoms with van der Waals surface area (Å²) in [5, 5.41) is 92.9. The third-order valence-corrected chi connectivity index (χ3v) is 20.2. The molecule has 0 aromatic heterocycles. The van der Waals surface area contributed by atoms with Gasteiger partial charge in [-0.15, -0.1) is 0 Å². The zero-order chi connectivity index (χ0) is 70.1. The number of hydrogen-bond donors (Lipinski definition) is 8. The molecule has 5 heterocycles. The molecule has 0 amide bonds. The van der Waals surface area contributed by atoms with Gasteiger partial charge in [-0.1, -0.05) is 181 Å². The van der Waals surface area contributed by atoms with Crippen LogP contribution >= 0.6 is 0 Å². The van der Waals surface area contributed by atoms with Crippen LogP contribution < -0.4 is 0 Å². The Morgan fingerprint density at radius 2 is 1.14 bits per heavy atom. The molecule has 6 aliphatic rings. The summed E-state index contributed by atoms with van der Waals surface area (Å²) < 4.78 is 84.6. The molecule has 1 aromatic carbocycles. The molecule has 1 unspecified atom stereocenters. The lowest BCUT2D eigenvalue weighted by Gasteiger charge is -2.51. The average molecular weight is 1380 g/mol. The SMILES string of the molecule is CCCCCCCCCCCC(=O)O[C@H]1[C@H](O[C@H]2[C@@H](O)[C@H]3OCCCCCCCCCCC(CCCCC)O[C@@H]4O[C@H](C)[C@H](O)[C@H](O)[C@H]4O[C@H]3C[C@@H]2C)O[C@@H](C)[C@H](O[C@@H]2O[C@@H](C)[C@H](OC(=O)[C@@H](C)CC)[C@@H](OC(=O)/C=C/c3ccccc3)[C@H]2O)[C@H]1O[C@@H]1O[C@H](CO)[C@@H](O)[C@H](O)[C@H]1O. The van der Waals surface area contributed by atoms with Crippen LogP contribution in [-0.4, -0.2) is 225 Å². The molecule has 556 valence electrons. The van der Waals surface area contributed by atoms with E-state index in [2.05, 4.69) is 13.8 Å². The topological polar surface area (TPSA) is 333 Å². The summed E-state index contributed by atoms with van der Waals surface area (Å²) in [4.78, 5) is 41.8. The first-order valence-electron chi connectivity index (χ1n) is 36.9. The Labute approximate surface area is 574 Å². The minimum atomic E-state index is -2.00. The van der Waals surface area contributed by atoms with Crippen molar-refractivity contribution in [2.45, 2.75) is 369 Å². The van der Waals surface area contributed by atoms with Gasteiger partial charge in [0.1, 0.15) is 73.2 Å². The van der Waals surface area contributed by atoms with Gasteiger partial charge in [-0.05, 0) is 76.9 Å². The summed E-state index contributed by atoms with van der Waals surface area (Å²) in [5.41, 5.74) is 0.673. The van der Waals surface area contributed by atoms with Crippen molar-refractivity contribution in [3.63, 3.8) is 0 Å². The Hall–Kier alpha value is -3.35. The summed E-state index contributed by atoms with van der Waals surface area (Å²) in [5.74, 6) is -3.48. The lowest BCUT2D eigenvalue weighted by Crippen LogP contribution is -2.68. The molecule has 5 saturated heterocycles. The van der Waals surface area contributed by atoms with Crippen LogP contribution in [0.1, 0.15) is 221 Å². The van der Waals surface area contributed by atoms with Gasteiger partial charge >= 0.3 is 17.9 Å². The monoisotopic (exact) mass is 1380 g/mol. The van der Waals surface area contributed by atoms with Crippen LogP contribution in [0.5, 0.6) is 0 Å². The predicted octanol–water partition coefficient (Wildman–Crippen LogP) is 7.70. The van der Waals surface area contributed by atoms with Crippen LogP contribution in [0.4, 0.5) is 0 Å². The number of fused-ring (bicyclic) bond motifs is 2. The van der Waals surface area contributed by atoms with Crippen LogP contribution in [0.25, 0.3) is 6.08 Å². The third-order valence-electron chi connectivity index (χ3n) is 20.2. The molecular formula is C73H120O24. The molecule has 1 aromatic rings. The smallest absolute Gasteiger partial charge is 0.331 e. The number of aliphatic hydroxyl groups is 8. The van der Waals surface area contributed by atoms with Crippen molar-refractivity contribution in [1.29, 1.82) is 0 Å². The van der Waals surface area contributed by atoms with E-state index in [1.165, 1.54) is 12.5 Å². The molecule has 1 aliphatic carbocycles. The summed E-state index contributed by atoms with van der Waals surface area (Å²) in [6.45, 7) is 13.8. The first-order valence-corrected chi connectivity index (χ1v) is 36.9. The summed E-state index contributed by atoms with van der Waals surface area (Å²) >= 11 is 0. The van der Waals surface area contributed by atoms with E-state index in [4.69, 9.17) is 61.6 Å². The quantitative estimate of drug-likeness (QED) is 0.0172. The highest BCUT2D eigenvalue weighted by Gasteiger charge is 2.59. The van der Waals surface area contributed by atoms with Crippen molar-refractivity contribution in [1.82, 2.24) is 0 Å². The number of ether oxygens (including phenoxy) is 13. The van der Waals surface area contributed by atoms with Crippen LogP contribution in [-0.2, 0) is 76.0 Å². The minimum Gasteiger partial charge on any atom is -0.455 e. The summed E-state index contributed by atoms with van der Waals surface area (Å²) in [7, 11) is 0. The number of hydrogen-bond acceptors (Lipinski definition) is 24. The molecular weight excluding hydrogens is 1260 g/mol. The Bertz CT molecular complexity index is 2420. The largest absolute Gasteiger partial charge is 0.455 e. The second kappa shape index (κ2) is 41.7. The first-order chi connectivity index (χ1) is 46.7. The van der Waals surface area contributed by atoms with E-state index < -0.39 is 184 Å². The van der Waals surface area contributed by atoms with Crippen molar-refractivity contribution in [2.75, 3.05) is 13.2 Å². The Morgan fingerprint density at radius 1 is 0.536 bits per heavy atom. The number of aliphatic hydroxyl groups excluding tert-OH is 8. The molecule has 24 nitrogen and oxygen atoms in total. The van der Waals surface area contributed by atoms with E-state index in [1.807, 2.05) is 13.0 Å². The Balaban J connectivity index is 1.24. The lowest BCUT2D eigenvalue weighted by atomic mass is 9.81. The number of unbranched alkanes of at least 4 members (excludes halogenated alkanes) is 10. The standard InChI is InChI=1S/C73H120O24/c1-9-12-14-15-16-17-21-24-31-37-52(75)93-68-67(97-70-58(81)56(79)55(78)51(42-74)91-70)63(96-71-60(83)65(62(46(7)87-71)94-69(84)43(4)11-3)92-53(76)39-38-48-33-28-26-29-34-48)47(8)88-73(68)95-61-44(5)41-50-64(59(61)82)85-40-32-25-22-19-18-20-23-30-36-49(35-27-13-10-2)89-72-66(90-50)57(80)54(77)45(6)86-72/h26,28-29,33-34,38-39,43-47,49-51,54-68,70-74,77-83H,9-25,27,30-32,35-37,40-42H2,1-8H3/b39-38+/t43-,44-,45+,46-,47-,49?,50-,51+,54-,55+,56-,57-,58+,59+,60+,61+,62-,63-,64-,65-,66+,67+,68+,70-,71-,72-,73-/m0/s1. The highest BCUT2D eigenvalue weighted by Crippen LogP contribution is 2.41. The van der Waals surface area contributed by atoms with Gasteiger partial charge in [0.05, 0.1) is 49.1 Å². The highest BCUT2D eigenvalue weighted by molar-refractivity contribution is 5.87. The lowest BCUT2D eigenvalue weighted by molar-refractivity contribution is -0.390. The second-order valence-corrected chi connectivity index (χ2v) is 28.0. The van der Waals surface area contributed by atoms with Gasteiger partial charge < -0.3 is 102 Å². The van der Waals surface area contributed by atoms with Crippen LogP contribution in [0.15, 0.2) is 36.4 Å². The minimum absolute atomic E-state index is 0.0802. The van der Waals surface area contributed by atoms with Crippen molar-refractivity contribution >= 4 is 24.0 Å². The van der Waals surface area contributed by atoms with Gasteiger partial charge in [-0.25, -0.2) is 4.79 Å². The van der Waals surface area contributed by atoms with Crippen LogP contribution in [0.2, 0.25) is 0 Å². The number of carbonyl (C=O) groups excluding carboxylic acids is 3. The van der Waals surface area contributed by atoms with Crippen molar-refractivity contribution < 1.29 is 117 Å². The molecule has 7 rings (SSSR count). The summed E-state index contributed by atoms with van der Waals surface area (Å²) in [6.07, 6.45) is -11.5. The summed E-state index contributed by atoms with van der Waals surface area (Å²) in [6, 6.07) is 8.94. The first kappa shape index (κ1) is 81.0. The van der Waals surface area contributed by atoms with E-state index >= 15 is 0 Å². The Morgan fingerprint density at radius 3 is 1.82 bits per heavy atom. The molecule has 97 heavy (non-hydrogen) atoms. The highest BCUT2D eigenvalue weighted by atomic mass is 16.8. The Kier molecular flexibility index (Phi) is 34.8. The van der Waals surface area contributed by atoms with Gasteiger partial charge in [-0.2, -0.15) is 0 Å². The molecule has 24 heteroatoms. The number of esters is 3. The van der Waals surface area contributed by atoms with Gasteiger partial charge in [0.25, 0.3) is 0 Å². The van der Waals surface area contributed by atoms with Gasteiger partial charge in [0.15, 0.2) is 43.5 Å². The van der Waals surface area contributed by atoms with Crippen LogP contribution in [0.3, 0.4) is 0 Å². The van der Waals surface area contributed by atoms with Gasteiger partial charge in [0, 0.05) is 19.1 Å². The maximum atomic E-state index is 14.6. The molecule has 6 fully saturated rings. The van der Waals surface area contributed by atoms with E-state index in [0.717, 1.165) is 122 Å². The molecule has 0 radical (unpaired) electrons. The van der Waals surface area contributed by atoms with Crippen molar-refractivity contribution in [2.24, 2.45) is 11.8 Å². The van der Waals surface area contributed by atoms with Crippen LogP contribution in [0, 0.1) is 11.8 Å². The number of rotatable bonds is 28. The van der Waals surface area contributed by atoms with E-state index in [9.17, 15) is 55.2 Å². The molecule has 8 N–H and O–H groups in total. The normalized spacial score (nSPS) is 38.6. The molecule has 0 bridgehead atoms. The van der Waals surface area contributed by atoms with Crippen molar-refractivity contribution in [3.05, 3.63) is 42.0 Å². The zero-order valence-corrected chi connectivity index (χ0v) is 58.8. The van der Waals surface area contributed by atoms with E-state index in [-0.39, 0.29) is 25.6 Å². The second-order valence-electron chi connectivity index (χ2n) is 28.0. The van der Waals surface area contributed by atoms with Gasteiger partial charge in [0.2, 0.25) is 0 Å². The molecule has 0 spiro atoms. The predicted molar refractivity (Wildman–Crippen MR) is 355 cm³/mol. The van der Waals surface area contributed by atoms with Gasteiger partial charge in [-0.3, -0.25) is 9.59 Å². The molecule has 27 atom stereocenters. The maximum absolute atomic E-state index is 14.6. The maximum Gasteiger partial charge on any atom is 0.331 e. The molecule has 1 saturated carbocycles. The fourth-order valence-electron chi connectivity index (χ4n) is 13.9. The average Bonchev–Trinajstić information content (AvgIpc) is 0.746. The molecule has 5 aliphatic heterocycles. The fourth-order valence-corrected chi connectivity index (χ4v) is 13.9. The fraction of sp³-hybridized carbons (Fsp3) is 0.849. The zero-order valence-electron chi connectivity index (χ0n) is 58.8. The number of benzene rings is 1. The van der Waals surface area contributed by atoms with E-state index in [0.29, 0.717) is 31.2 Å². The van der Waals surface area contributed by atoms with Crippen molar-refractivity contribution in [3.8, 4) is 0 Å². The third kappa shape index (κ3) is 23.6.